The summed E-state index contributed by atoms with van der Waals surface area (Å²) in [6.07, 6.45) is 2.58. The van der Waals surface area contributed by atoms with E-state index in [0.717, 1.165) is 29.7 Å². The first-order valence-electron chi connectivity index (χ1n) is 7.93. The molecule has 120 valence electrons. The molecule has 23 heavy (non-hydrogen) atoms. The Morgan fingerprint density at radius 3 is 2.26 bits per heavy atom. The van der Waals surface area contributed by atoms with Crippen LogP contribution in [0.15, 0.2) is 65.6 Å². The van der Waals surface area contributed by atoms with E-state index in [4.69, 9.17) is 0 Å². The zero-order valence-electron chi connectivity index (χ0n) is 12.9. The molecule has 1 fully saturated rings. The Kier molecular flexibility index (Phi) is 5.03. The number of nitrogens with one attached hydrogen (secondary N) is 1. The molecule has 4 heteroatoms. The monoisotopic (exact) mass is 327 g/mol. The molecular formula is C19H21NO2S. The first-order valence-corrected chi connectivity index (χ1v) is 8.81. The Bertz CT molecular complexity index is 641. The average Bonchev–Trinajstić information content (AvgIpc) is 2.57. The molecule has 0 bridgehead atoms. The van der Waals surface area contributed by atoms with Gasteiger partial charge in [0.15, 0.2) is 0 Å². The van der Waals surface area contributed by atoms with Gasteiger partial charge in [-0.3, -0.25) is 4.79 Å². The van der Waals surface area contributed by atoms with E-state index in [1.807, 2.05) is 60.7 Å². The highest BCUT2D eigenvalue weighted by Crippen LogP contribution is 2.36. The van der Waals surface area contributed by atoms with Crippen LogP contribution >= 0.6 is 11.8 Å². The van der Waals surface area contributed by atoms with E-state index in [2.05, 4.69) is 5.32 Å². The van der Waals surface area contributed by atoms with Crippen molar-refractivity contribution < 1.29 is 9.90 Å². The van der Waals surface area contributed by atoms with E-state index >= 15 is 0 Å². The highest BCUT2D eigenvalue weighted by Gasteiger charge is 2.35. The minimum absolute atomic E-state index is 0.0506. The minimum Gasteiger partial charge on any atom is -0.388 e. The maximum Gasteiger partial charge on any atom is 0.238 e. The van der Waals surface area contributed by atoms with Crippen molar-refractivity contribution in [2.75, 3.05) is 6.54 Å². The second kappa shape index (κ2) is 7.20. The molecule has 3 rings (SSSR count). The summed E-state index contributed by atoms with van der Waals surface area (Å²) in [6, 6.07) is 19.7. The zero-order valence-corrected chi connectivity index (χ0v) is 13.8. The van der Waals surface area contributed by atoms with Gasteiger partial charge in [-0.2, -0.15) is 0 Å². The van der Waals surface area contributed by atoms with Crippen molar-refractivity contribution >= 4 is 17.7 Å². The van der Waals surface area contributed by atoms with E-state index in [9.17, 15) is 9.90 Å². The van der Waals surface area contributed by atoms with Crippen LogP contribution in [0.4, 0.5) is 0 Å². The van der Waals surface area contributed by atoms with E-state index in [1.54, 1.807) is 0 Å². The third-order valence-corrected chi connectivity index (χ3v) is 5.48. The second-order valence-electron chi connectivity index (χ2n) is 6.02. The molecule has 2 N–H and O–H groups in total. The molecule has 3 nitrogen and oxygen atoms in total. The summed E-state index contributed by atoms with van der Waals surface area (Å²) in [6.45, 7) is 0.338. The molecule has 1 saturated carbocycles. The molecule has 2 aromatic rings. The molecule has 0 heterocycles. The maximum absolute atomic E-state index is 12.7. The molecule has 0 saturated heterocycles. The van der Waals surface area contributed by atoms with Crippen LogP contribution in [-0.4, -0.2) is 23.2 Å². The van der Waals surface area contributed by atoms with E-state index < -0.39 is 5.60 Å². The normalized spacial score (nSPS) is 17.1. The van der Waals surface area contributed by atoms with Gasteiger partial charge in [-0.1, -0.05) is 48.5 Å². The lowest BCUT2D eigenvalue weighted by molar-refractivity contribution is -0.123. The van der Waals surface area contributed by atoms with Crippen molar-refractivity contribution in [1.29, 1.82) is 0 Å². The van der Waals surface area contributed by atoms with Crippen molar-refractivity contribution in [3.8, 4) is 0 Å². The fourth-order valence-corrected chi connectivity index (χ4v) is 3.71. The van der Waals surface area contributed by atoms with Crippen molar-refractivity contribution in [3.63, 3.8) is 0 Å². The molecule has 1 atom stereocenters. The highest BCUT2D eigenvalue weighted by atomic mass is 32.2. The first-order chi connectivity index (χ1) is 11.2. The number of hydrogen-bond acceptors (Lipinski definition) is 3. The van der Waals surface area contributed by atoms with Crippen LogP contribution in [0.25, 0.3) is 0 Å². The Hall–Kier alpha value is -1.78. The maximum atomic E-state index is 12.7. The molecule has 0 spiro atoms. The van der Waals surface area contributed by atoms with Crippen LogP contribution in [0.2, 0.25) is 0 Å². The van der Waals surface area contributed by atoms with Gasteiger partial charge in [0.05, 0.1) is 5.60 Å². The number of carbonyl (C=O) groups is 1. The number of hydrogen-bond donors (Lipinski definition) is 2. The van der Waals surface area contributed by atoms with Gasteiger partial charge in [-0.05, 0) is 37.0 Å². The summed E-state index contributed by atoms with van der Waals surface area (Å²) < 4.78 is 0. The Morgan fingerprint density at radius 1 is 1.09 bits per heavy atom. The fourth-order valence-electron chi connectivity index (χ4n) is 2.64. The van der Waals surface area contributed by atoms with Crippen molar-refractivity contribution in [3.05, 3.63) is 66.2 Å². The standard InChI is InChI=1S/C19H21NO2S/c21-18(20-14-19(22)12-7-13-19)17(15-8-3-1-4-9-15)23-16-10-5-2-6-11-16/h1-6,8-11,17,22H,7,12-14H2,(H,20,21). The highest BCUT2D eigenvalue weighted by molar-refractivity contribution is 8.00. The van der Waals surface area contributed by atoms with Gasteiger partial charge in [0, 0.05) is 11.4 Å². The van der Waals surface area contributed by atoms with Crippen LogP contribution in [0.3, 0.4) is 0 Å². The number of aliphatic hydroxyl groups is 1. The van der Waals surface area contributed by atoms with E-state index in [0.29, 0.717) is 6.54 Å². The van der Waals surface area contributed by atoms with Crippen LogP contribution < -0.4 is 5.32 Å². The summed E-state index contributed by atoms with van der Waals surface area (Å²) in [5.41, 5.74) is 0.272. The molecule has 0 aromatic heterocycles. The second-order valence-corrected chi connectivity index (χ2v) is 7.20. The summed E-state index contributed by atoms with van der Waals surface area (Å²) in [4.78, 5) is 13.7. The topological polar surface area (TPSA) is 49.3 Å². The number of thioether (sulfide) groups is 1. The average molecular weight is 327 g/mol. The van der Waals surface area contributed by atoms with E-state index in [1.165, 1.54) is 11.8 Å². The predicted molar refractivity (Wildman–Crippen MR) is 93.3 cm³/mol. The number of amides is 1. The van der Waals surface area contributed by atoms with Gasteiger partial charge in [0.25, 0.3) is 0 Å². The van der Waals surface area contributed by atoms with Crippen LogP contribution in [0.1, 0.15) is 30.1 Å². The van der Waals surface area contributed by atoms with Gasteiger partial charge in [-0.15, -0.1) is 11.8 Å². The molecule has 2 aromatic carbocycles. The molecule has 1 aliphatic carbocycles. The van der Waals surface area contributed by atoms with Crippen molar-refractivity contribution in [2.45, 2.75) is 35.0 Å². The summed E-state index contributed by atoms with van der Waals surface area (Å²) in [7, 11) is 0. The van der Waals surface area contributed by atoms with E-state index in [-0.39, 0.29) is 11.2 Å². The van der Waals surface area contributed by atoms with Crippen LogP contribution in [-0.2, 0) is 4.79 Å². The van der Waals surface area contributed by atoms with Gasteiger partial charge < -0.3 is 10.4 Å². The van der Waals surface area contributed by atoms with Crippen LogP contribution in [0, 0.1) is 0 Å². The largest absolute Gasteiger partial charge is 0.388 e. The van der Waals surface area contributed by atoms with Gasteiger partial charge in [-0.25, -0.2) is 0 Å². The smallest absolute Gasteiger partial charge is 0.238 e. The lowest BCUT2D eigenvalue weighted by Gasteiger charge is -2.36. The minimum atomic E-state index is -0.700. The fraction of sp³-hybridized carbons (Fsp3) is 0.316. The van der Waals surface area contributed by atoms with Crippen molar-refractivity contribution in [1.82, 2.24) is 5.32 Å². The summed E-state index contributed by atoms with van der Waals surface area (Å²) in [5.74, 6) is -0.0506. The van der Waals surface area contributed by atoms with Crippen LogP contribution in [0.5, 0.6) is 0 Å². The third-order valence-electron chi connectivity index (χ3n) is 4.21. The quantitative estimate of drug-likeness (QED) is 0.798. The predicted octanol–water partition coefficient (Wildman–Crippen LogP) is 3.55. The third kappa shape index (κ3) is 4.15. The summed E-state index contributed by atoms with van der Waals surface area (Å²) in [5, 5.41) is 12.8. The lowest BCUT2D eigenvalue weighted by atomic mass is 9.80. The zero-order chi connectivity index (χ0) is 16.1. The Balaban J connectivity index is 1.73. The molecule has 1 unspecified atom stereocenters. The SMILES string of the molecule is O=C(NCC1(O)CCC1)C(Sc1ccccc1)c1ccccc1. The molecular weight excluding hydrogens is 306 g/mol. The Morgan fingerprint density at radius 2 is 1.70 bits per heavy atom. The van der Waals surface area contributed by atoms with Gasteiger partial charge in [0.1, 0.15) is 5.25 Å². The first kappa shape index (κ1) is 16.1. The molecule has 0 radical (unpaired) electrons. The lowest BCUT2D eigenvalue weighted by Crippen LogP contribution is -2.48. The number of rotatable bonds is 6. The molecule has 1 amide bonds. The molecule has 1 aliphatic rings. The number of benzene rings is 2. The van der Waals surface area contributed by atoms with Crippen molar-refractivity contribution in [2.24, 2.45) is 0 Å². The number of carbonyl (C=O) groups excluding carboxylic acids is 1. The van der Waals surface area contributed by atoms with Gasteiger partial charge >= 0.3 is 0 Å². The molecule has 0 aliphatic heterocycles. The summed E-state index contributed by atoms with van der Waals surface area (Å²) >= 11 is 1.53. The Labute approximate surface area is 141 Å². The van der Waals surface area contributed by atoms with Gasteiger partial charge in [0.2, 0.25) is 5.91 Å².